The van der Waals surface area contributed by atoms with E-state index in [0.29, 0.717) is 6.61 Å². The van der Waals surface area contributed by atoms with Crippen LogP contribution in [0, 0.1) is 5.92 Å². The maximum absolute atomic E-state index is 9.44. The van der Waals surface area contributed by atoms with E-state index < -0.39 is 0 Å². The third-order valence-corrected chi connectivity index (χ3v) is 7.97. The van der Waals surface area contributed by atoms with Gasteiger partial charge in [-0.2, -0.15) is 0 Å². The van der Waals surface area contributed by atoms with Crippen molar-refractivity contribution in [1.29, 1.82) is 0 Å². The zero-order valence-electron chi connectivity index (χ0n) is 24.2. The fourth-order valence-corrected chi connectivity index (χ4v) is 5.52. The fraction of sp³-hybridized carbons (Fsp3) is 1.00. The number of unbranched alkanes of at least 4 members (excludes halogenated alkanes) is 24. The van der Waals surface area contributed by atoms with Gasteiger partial charge in [-0.05, 0) is 12.3 Å². The SMILES string of the molecule is CCCCCCCCCCCCCCCC[C@@H](CCO)CCCCCCCCCCCCCC. The van der Waals surface area contributed by atoms with Crippen molar-refractivity contribution in [2.24, 2.45) is 5.92 Å². The Morgan fingerprint density at radius 3 is 0.794 bits per heavy atom. The van der Waals surface area contributed by atoms with Crippen LogP contribution in [0.25, 0.3) is 0 Å². The summed E-state index contributed by atoms with van der Waals surface area (Å²) in [7, 11) is 0. The van der Waals surface area contributed by atoms with E-state index >= 15 is 0 Å². The van der Waals surface area contributed by atoms with Crippen molar-refractivity contribution in [2.75, 3.05) is 6.61 Å². The molecule has 0 bridgehead atoms. The topological polar surface area (TPSA) is 20.2 Å². The van der Waals surface area contributed by atoms with E-state index in [1.165, 1.54) is 180 Å². The molecule has 0 amide bonds. The van der Waals surface area contributed by atoms with E-state index in [-0.39, 0.29) is 0 Å². The smallest absolute Gasteiger partial charge is 0.0433 e. The summed E-state index contributed by atoms with van der Waals surface area (Å²) in [5.41, 5.74) is 0. The van der Waals surface area contributed by atoms with Crippen LogP contribution in [0.1, 0.15) is 200 Å². The average molecular weight is 481 g/mol. The highest BCUT2D eigenvalue weighted by molar-refractivity contribution is 4.61. The first-order chi connectivity index (χ1) is 16.8. The van der Waals surface area contributed by atoms with Gasteiger partial charge in [-0.15, -0.1) is 0 Å². The van der Waals surface area contributed by atoms with Crippen LogP contribution in [0.3, 0.4) is 0 Å². The molecule has 206 valence electrons. The van der Waals surface area contributed by atoms with E-state index in [2.05, 4.69) is 13.8 Å². The maximum atomic E-state index is 9.44. The summed E-state index contributed by atoms with van der Waals surface area (Å²) in [6, 6.07) is 0. The molecule has 0 aromatic carbocycles. The molecule has 0 saturated carbocycles. The second-order valence-corrected chi connectivity index (χ2v) is 11.4. The maximum Gasteiger partial charge on any atom is 0.0433 e. The van der Waals surface area contributed by atoms with E-state index in [9.17, 15) is 5.11 Å². The van der Waals surface area contributed by atoms with Crippen molar-refractivity contribution in [1.82, 2.24) is 0 Å². The molecular formula is C33H68O. The van der Waals surface area contributed by atoms with Crippen LogP contribution < -0.4 is 0 Å². The molecule has 0 aromatic heterocycles. The van der Waals surface area contributed by atoms with Gasteiger partial charge in [-0.1, -0.05) is 194 Å². The van der Waals surface area contributed by atoms with Gasteiger partial charge in [0.1, 0.15) is 0 Å². The molecule has 34 heavy (non-hydrogen) atoms. The molecule has 0 spiro atoms. The minimum atomic E-state index is 0.390. The minimum Gasteiger partial charge on any atom is -0.396 e. The highest BCUT2D eigenvalue weighted by Crippen LogP contribution is 2.22. The Kier molecular flexibility index (Phi) is 31.0. The largest absolute Gasteiger partial charge is 0.396 e. The van der Waals surface area contributed by atoms with E-state index in [1.54, 1.807) is 0 Å². The number of hydrogen-bond donors (Lipinski definition) is 1. The molecule has 1 heteroatoms. The lowest BCUT2D eigenvalue weighted by atomic mass is 9.91. The van der Waals surface area contributed by atoms with Crippen molar-refractivity contribution < 1.29 is 5.11 Å². The minimum absolute atomic E-state index is 0.390. The van der Waals surface area contributed by atoms with Gasteiger partial charge in [0.25, 0.3) is 0 Å². The summed E-state index contributed by atoms with van der Waals surface area (Å²) in [5, 5.41) is 9.44. The molecule has 0 aliphatic rings. The number of hydrogen-bond acceptors (Lipinski definition) is 1. The van der Waals surface area contributed by atoms with Crippen molar-refractivity contribution in [3.63, 3.8) is 0 Å². The van der Waals surface area contributed by atoms with Gasteiger partial charge in [0, 0.05) is 6.61 Å². The normalized spacial score (nSPS) is 12.4. The molecular weight excluding hydrogens is 412 g/mol. The van der Waals surface area contributed by atoms with Crippen LogP contribution in [0.15, 0.2) is 0 Å². The molecule has 1 nitrogen and oxygen atoms in total. The Labute approximate surface area is 217 Å². The van der Waals surface area contributed by atoms with E-state index in [0.717, 1.165) is 12.3 Å². The molecule has 1 atom stereocenters. The summed E-state index contributed by atoms with van der Waals surface area (Å²) < 4.78 is 0. The Hall–Kier alpha value is -0.0400. The quantitative estimate of drug-likeness (QED) is 0.101. The Morgan fingerprint density at radius 1 is 0.324 bits per heavy atom. The lowest BCUT2D eigenvalue weighted by Crippen LogP contribution is -2.03. The predicted molar refractivity (Wildman–Crippen MR) is 156 cm³/mol. The van der Waals surface area contributed by atoms with Gasteiger partial charge >= 0.3 is 0 Å². The van der Waals surface area contributed by atoms with Gasteiger partial charge in [0.05, 0.1) is 0 Å². The average Bonchev–Trinajstić information content (AvgIpc) is 2.84. The van der Waals surface area contributed by atoms with Crippen LogP contribution in [0.2, 0.25) is 0 Å². The van der Waals surface area contributed by atoms with Crippen LogP contribution >= 0.6 is 0 Å². The van der Waals surface area contributed by atoms with Crippen LogP contribution in [0.4, 0.5) is 0 Å². The molecule has 0 radical (unpaired) electrons. The Bertz CT molecular complexity index is 339. The first-order valence-electron chi connectivity index (χ1n) is 16.5. The second-order valence-electron chi connectivity index (χ2n) is 11.4. The highest BCUT2D eigenvalue weighted by atomic mass is 16.3. The first-order valence-corrected chi connectivity index (χ1v) is 16.5. The molecule has 0 aromatic rings. The predicted octanol–water partition coefficient (Wildman–Crippen LogP) is 11.9. The van der Waals surface area contributed by atoms with Crippen LogP contribution in [-0.2, 0) is 0 Å². The molecule has 0 aliphatic carbocycles. The molecule has 0 heterocycles. The van der Waals surface area contributed by atoms with Gasteiger partial charge in [-0.3, -0.25) is 0 Å². The van der Waals surface area contributed by atoms with Gasteiger partial charge in [0.15, 0.2) is 0 Å². The summed E-state index contributed by atoms with van der Waals surface area (Å²) in [5.74, 6) is 0.783. The molecule has 0 fully saturated rings. The third kappa shape index (κ3) is 28.2. The molecule has 0 saturated heterocycles. The van der Waals surface area contributed by atoms with Gasteiger partial charge < -0.3 is 5.11 Å². The second kappa shape index (κ2) is 31.0. The summed E-state index contributed by atoms with van der Waals surface area (Å²) >= 11 is 0. The lowest BCUT2D eigenvalue weighted by Gasteiger charge is -2.15. The molecule has 0 unspecified atom stereocenters. The number of aliphatic hydroxyl groups excluding tert-OH is 1. The highest BCUT2D eigenvalue weighted by Gasteiger charge is 2.08. The van der Waals surface area contributed by atoms with Crippen molar-refractivity contribution in [2.45, 2.75) is 200 Å². The van der Waals surface area contributed by atoms with Gasteiger partial charge in [0.2, 0.25) is 0 Å². The van der Waals surface area contributed by atoms with Gasteiger partial charge in [-0.25, -0.2) is 0 Å². The number of aliphatic hydroxyl groups is 1. The van der Waals surface area contributed by atoms with Crippen molar-refractivity contribution in [3.05, 3.63) is 0 Å². The van der Waals surface area contributed by atoms with Crippen LogP contribution in [-0.4, -0.2) is 11.7 Å². The standard InChI is InChI=1S/C33H68O/c1-3-5-7-9-11-13-15-17-18-20-22-24-26-28-30-33(31-32-34)29-27-25-23-21-19-16-14-12-10-8-6-4-2/h33-34H,3-32H2,1-2H3/t33-/m0/s1. The lowest BCUT2D eigenvalue weighted by molar-refractivity contribution is 0.241. The Morgan fingerprint density at radius 2 is 0.559 bits per heavy atom. The van der Waals surface area contributed by atoms with E-state index in [1.807, 2.05) is 0 Å². The van der Waals surface area contributed by atoms with Crippen LogP contribution in [0.5, 0.6) is 0 Å². The monoisotopic (exact) mass is 481 g/mol. The summed E-state index contributed by atoms with van der Waals surface area (Å²) in [4.78, 5) is 0. The first kappa shape index (κ1) is 34.0. The molecule has 0 aliphatic heterocycles. The zero-order chi connectivity index (χ0) is 24.8. The number of rotatable bonds is 30. The van der Waals surface area contributed by atoms with Crippen molar-refractivity contribution in [3.8, 4) is 0 Å². The zero-order valence-corrected chi connectivity index (χ0v) is 24.2. The summed E-state index contributed by atoms with van der Waals surface area (Å²) in [6.45, 7) is 4.99. The molecule has 0 rings (SSSR count). The Balaban J connectivity index is 3.37. The fourth-order valence-electron chi connectivity index (χ4n) is 5.52. The third-order valence-electron chi connectivity index (χ3n) is 7.97. The van der Waals surface area contributed by atoms with Crippen molar-refractivity contribution >= 4 is 0 Å². The molecule has 1 N–H and O–H groups in total. The summed E-state index contributed by atoms with van der Waals surface area (Å²) in [6.07, 6.45) is 41.1. The van der Waals surface area contributed by atoms with E-state index in [4.69, 9.17) is 0 Å².